The Bertz CT molecular complexity index is 1230. The van der Waals surface area contributed by atoms with E-state index in [1.807, 2.05) is 0 Å². The lowest BCUT2D eigenvalue weighted by Crippen LogP contribution is -2.51. The topological polar surface area (TPSA) is 100 Å². The molecule has 0 atom stereocenters. The summed E-state index contributed by atoms with van der Waals surface area (Å²) in [7, 11) is 0. The molecule has 14 heteroatoms. The Morgan fingerprint density at radius 2 is 1.97 bits per heavy atom. The SMILES string of the molecule is O=C(c1ccc(N(C(=O)O)c2nc3cc(Cl)ccn3n2)c(OCC(F)(F)F)c1)N1CC(F)C1. The van der Waals surface area contributed by atoms with Crippen LogP contribution in [0.25, 0.3) is 5.65 Å². The van der Waals surface area contributed by atoms with E-state index in [0.717, 1.165) is 17.0 Å². The van der Waals surface area contributed by atoms with Crippen LogP contribution in [0.1, 0.15) is 10.4 Å². The van der Waals surface area contributed by atoms with Gasteiger partial charge in [-0.05, 0) is 24.3 Å². The second kappa shape index (κ2) is 8.39. The summed E-state index contributed by atoms with van der Waals surface area (Å²) in [5.74, 6) is -1.56. The highest BCUT2D eigenvalue weighted by Gasteiger charge is 2.34. The molecule has 4 rings (SSSR count). The van der Waals surface area contributed by atoms with Crippen LogP contribution in [0.15, 0.2) is 36.5 Å². The molecule has 0 saturated carbocycles. The average molecular weight is 488 g/mol. The van der Waals surface area contributed by atoms with Crippen molar-refractivity contribution in [3.05, 3.63) is 47.1 Å². The number of benzene rings is 1. The molecule has 0 radical (unpaired) electrons. The molecule has 0 aliphatic carbocycles. The van der Waals surface area contributed by atoms with Crippen molar-refractivity contribution < 1.29 is 37.0 Å². The molecular formula is C19H14ClF4N5O4. The van der Waals surface area contributed by atoms with Gasteiger partial charge < -0.3 is 14.7 Å². The molecule has 174 valence electrons. The van der Waals surface area contributed by atoms with E-state index in [4.69, 9.17) is 16.3 Å². The highest BCUT2D eigenvalue weighted by atomic mass is 35.5. The number of ether oxygens (including phenoxy) is 1. The number of alkyl halides is 4. The lowest BCUT2D eigenvalue weighted by molar-refractivity contribution is -0.153. The molecule has 1 fully saturated rings. The van der Waals surface area contributed by atoms with E-state index < -0.39 is 36.7 Å². The maximum absolute atomic E-state index is 13.1. The zero-order valence-electron chi connectivity index (χ0n) is 16.5. The van der Waals surface area contributed by atoms with E-state index in [9.17, 15) is 32.3 Å². The minimum absolute atomic E-state index is 0.0945. The monoisotopic (exact) mass is 487 g/mol. The average Bonchev–Trinajstić information content (AvgIpc) is 3.11. The molecule has 1 saturated heterocycles. The predicted octanol–water partition coefficient (Wildman–Crippen LogP) is 3.93. The van der Waals surface area contributed by atoms with E-state index in [-0.39, 0.29) is 35.9 Å². The first-order valence-electron chi connectivity index (χ1n) is 9.34. The van der Waals surface area contributed by atoms with Gasteiger partial charge in [0.15, 0.2) is 12.3 Å². The van der Waals surface area contributed by atoms with Crippen molar-refractivity contribution >= 4 is 40.9 Å². The van der Waals surface area contributed by atoms with Crippen LogP contribution >= 0.6 is 11.6 Å². The van der Waals surface area contributed by atoms with Gasteiger partial charge in [-0.3, -0.25) is 4.79 Å². The maximum Gasteiger partial charge on any atom is 0.422 e. The molecule has 1 aromatic carbocycles. The van der Waals surface area contributed by atoms with Crippen molar-refractivity contribution in [3.8, 4) is 5.75 Å². The summed E-state index contributed by atoms with van der Waals surface area (Å²) in [5.41, 5.74) is -0.257. The van der Waals surface area contributed by atoms with Gasteiger partial charge in [-0.2, -0.15) is 18.2 Å². The van der Waals surface area contributed by atoms with Crippen LogP contribution in [0.3, 0.4) is 0 Å². The van der Waals surface area contributed by atoms with Gasteiger partial charge in [-0.25, -0.2) is 18.6 Å². The van der Waals surface area contributed by atoms with Crippen molar-refractivity contribution in [2.75, 3.05) is 24.6 Å². The Kier molecular flexibility index (Phi) is 5.74. The second-order valence-electron chi connectivity index (χ2n) is 7.07. The number of nitrogens with zero attached hydrogens (tertiary/aromatic N) is 5. The molecular weight excluding hydrogens is 474 g/mol. The van der Waals surface area contributed by atoms with Crippen molar-refractivity contribution in [2.24, 2.45) is 0 Å². The highest BCUT2D eigenvalue weighted by Crippen LogP contribution is 2.35. The van der Waals surface area contributed by atoms with Crippen molar-refractivity contribution in [1.82, 2.24) is 19.5 Å². The van der Waals surface area contributed by atoms with Gasteiger partial charge in [0.2, 0.25) is 0 Å². The van der Waals surface area contributed by atoms with Gasteiger partial charge >= 0.3 is 12.3 Å². The van der Waals surface area contributed by atoms with Gasteiger partial charge in [0, 0.05) is 22.8 Å². The zero-order valence-corrected chi connectivity index (χ0v) is 17.2. The molecule has 3 heterocycles. The third kappa shape index (κ3) is 4.77. The summed E-state index contributed by atoms with van der Waals surface area (Å²) in [6, 6.07) is 6.16. The summed E-state index contributed by atoms with van der Waals surface area (Å²) < 4.78 is 57.6. The van der Waals surface area contributed by atoms with Crippen LogP contribution in [-0.4, -0.2) is 68.6 Å². The van der Waals surface area contributed by atoms with Crippen LogP contribution in [0.2, 0.25) is 5.02 Å². The number of aromatic nitrogens is 3. The Hall–Kier alpha value is -3.61. The quantitative estimate of drug-likeness (QED) is 0.547. The van der Waals surface area contributed by atoms with Crippen molar-refractivity contribution in [3.63, 3.8) is 0 Å². The fraction of sp³-hybridized carbons (Fsp3) is 0.263. The highest BCUT2D eigenvalue weighted by molar-refractivity contribution is 6.30. The number of hydrogen-bond donors (Lipinski definition) is 1. The first-order chi connectivity index (χ1) is 15.5. The number of carbonyl (C=O) groups excluding carboxylic acids is 1. The molecule has 1 N–H and O–H groups in total. The summed E-state index contributed by atoms with van der Waals surface area (Å²) in [6.45, 7) is -2.03. The largest absolute Gasteiger partial charge is 0.482 e. The third-order valence-corrected chi connectivity index (χ3v) is 4.88. The standard InChI is InChI=1S/C19H14ClF4N5O4/c20-11-3-4-28-15(6-11)25-17(26-28)29(18(31)32)13-2-1-10(16(30)27-7-12(21)8-27)5-14(13)33-9-19(22,23)24/h1-6,12H,7-9H2,(H,31,32). The van der Waals surface area contributed by atoms with Crippen LogP contribution in [-0.2, 0) is 0 Å². The van der Waals surface area contributed by atoms with Crippen LogP contribution in [0, 0.1) is 0 Å². The lowest BCUT2D eigenvalue weighted by Gasteiger charge is -2.34. The molecule has 9 nitrogen and oxygen atoms in total. The number of hydrogen-bond acceptors (Lipinski definition) is 5. The normalized spacial score (nSPS) is 14.3. The smallest absolute Gasteiger partial charge is 0.422 e. The first-order valence-corrected chi connectivity index (χ1v) is 9.71. The Morgan fingerprint density at radius 3 is 2.61 bits per heavy atom. The molecule has 2 amide bonds. The van der Waals surface area contributed by atoms with Crippen LogP contribution in [0.4, 0.5) is 34.0 Å². The summed E-state index contributed by atoms with van der Waals surface area (Å²) >= 11 is 5.90. The number of anilines is 2. The summed E-state index contributed by atoms with van der Waals surface area (Å²) in [6.07, 6.45) is -6.10. The minimum Gasteiger partial charge on any atom is -0.482 e. The first kappa shape index (κ1) is 22.6. The predicted molar refractivity (Wildman–Crippen MR) is 107 cm³/mol. The number of carboxylic acid groups (broad SMARTS) is 1. The van der Waals surface area contributed by atoms with Crippen molar-refractivity contribution in [2.45, 2.75) is 12.3 Å². The molecule has 2 aromatic heterocycles. The van der Waals surface area contributed by atoms with Crippen molar-refractivity contribution in [1.29, 1.82) is 0 Å². The van der Waals surface area contributed by atoms with Gasteiger partial charge in [0.05, 0.1) is 18.8 Å². The third-order valence-electron chi connectivity index (χ3n) is 4.64. The number of fused-ring (bicyclic) bond motifs is 1. The number of amides is 2. The van der Waals surface area contributed by atoms with Gasteiger partial charge in [0.1, 0.15) is 11.9 Å². The molecule has 0 unspecified atom stereocenters. The number of halogens is 5. The van der Waals surface area contributed by atoms with Gasteiger partial charge in [0.25, 0.3) is 11.9 Å². The molecule has 1 aliphatic heterocycles. The molecule has 0 bridgehead atoms. The number of pyridine rings is 1. The minimum atomic E-state index is -4.73. The molecule has 3 aromatic rings. The second-order valence-corrected chi connectivity index (χ2v) is 7.51. The van der Waals surface area contributed by atoms with Gasteiger partial charge in [-0.15, -0.1) is 5.10 Å². The Morgan fingerprint density at radius 1 is 1.24 bits per heavy atom. The van der Waals surface area contributed by atoms with E-state index >= 15 is 0 Å². The Labute approximate surface area is 187 Å². The maximum atomic E-state index is 13.1. The lowest BCUT2D eigenvalue weighted by atomic mass is 10.1. The zero-order chi connectivity index (χ0) is 23.9. The number of rotatable bonds is 5. The van der Waals surface area contributed by atoms with E-state index in [1.165, 1.54) is 28.9 Å². The molecule has 33 heavy (non-hydrogen) atoms. The van der Waals surface area contributed by atoms with Crippen LogP contribution < -0.4 is 9.64 Å². The fourth-order valence-electron chi connectivity index (χ4n) is 3.12. The van der Waals surface area contributed by atoms with E-state index in [1.54, 1.807) is 0 Å². The van der Waals surface area contributed by atoms with Gasteiger partial charge in [-0.1, -0.05) is 11.6 Å². The fourth-order valence-corrected chi connectivity index (χ4v) is 3.27. The summed E-state index contributed by atoms with van der Waals surface area (Å²) in [5, 5.41) is 14.1. The van der Waals surface area contributed by atoms with Crippen LogP contribution in [0.5, 0.6) is 5.75 Å². The summed E-state index contributed by atoms with van der Waals surface area (Å²) in [4.78, 5) is 30.2. The number of carbonyl (C=O) groups is 2. The van der Waals surface area contributed by atoms with E-state index in [0.29, 0.717) is 9.92 Å². The molecule has 0 spiro atoms. The molecule has 1 aliphatic rings. The number of likely N-dealkylation sites (tertiary alicyclic amines) is 1. The Balaban J connectivity index is 1.76. The van der Waals surface area contributed by atoms with E-state index in [2.05, 4.69) is 10.1 Å².